The molecule has 2 heterocycles. The van der Waals surface area contributed by atoms with Crippen molar-refractivity contribution < 1.29 is 19.1 Å². The van der Waals surface area contributed by atoms with Gasteiger partial charge in [0, 0.05) is 10.4 Å². The topological polar surface area (TPSA) is 107 Å². The molecular weight excluding hydrogens is 573 g/mol. The molecule has 0 saturated heterocycles. The van der Waals surface area contributed by atoms with Gasteiger partial charge in [-0.3, -0.25) is 4.79 Å². The first-order valence-electron chi connectivity index (χ1n) is 10.4. The summed E-state index contributed by atoms with van der Waals surface area (Å²) in [5.74, 6) is -0.410. The third-order valence-corrected chi connectivity index (χ3v) is 6.24. The van der Waals surface area contributed by atoms with Crippen LogP contribution in [0, 0.1) is 0 Å². The molecule has 1 N–H and O–H groups in total. The van der Waals surface area contributed by atoms with Gasteiger partial charge >= 0.3 is 5.97 Å². The maximum Gasteiger partial charge on any atom is 0.341 e. The number of para-hydroxylation sites is 1. The summed E-state index contributed by atoms with van der Waals surface area (Å²) in [7, 11) is 0. The number of benzene rings is 3. The second kappa shape index (κ2) is 9.77. The Kier molecular flexibility index (Phi) is 6.53. The number of aromatic nitrogens is 2. The normalized spacial score (nSPS) is 11.5. The molecule has 0 unspecified atom stereocenters. The number of carboxylic acid groups (broad SMARTS) is 1. The molecule has 0 aliphatic heterocycles. The number of carbonyl (C=O) groups is 1. The number of furan rings is 1. The Morgan fingerprint density at radius 2 is 1.97 bits per heavy atom. The molecule has 0 fully saturated rings. The SMILES string of the molecule is O=C(O)COc1c(Cl)cc(C=Nn2c(-c3cc4cc(Cl)ccc4o3)nc3ccccc3c2=O)cc1Br. The van der Waals surface area contributed by atoms with Crippen molar-refractivity contribution in [3.05, 3.63) is 91.1 Å². The molecule has 0 bridgehead atoms. The minimum atomic E-state index is -1.13. The average Bonchev–Trinajstić information content (AvgIpc) is 3.25. The lowest BCUT2D eigenvalue weighted by atomic mass is 10.2. The number of hydrogen-bond acceptors (Lipinski definition) is 6. The highest BCUT2D eigenvalue weighted by molar-refractivity contribution is 9.10. The Morgan fingerprint density at radius 1 is 1.17 bits per heavy atom. The summed E-state index contributed by atoms with van der Waals surface area (Å²) < 4.78 is 12.8. The van der Waals surface area contributed by atoms with Gasteiger partial charge in [0.05, 0.1) is 26.6 Å². The first-order chi connectivity index (χ1) is 17.3. The molecule has 8 nitrogen and oxygen atoms in total. The van der Waals surface area contributed by atoms with Gasteiger partial charge in [0.25, 0.3) is 5.56 Å². The van der Waals surface area contributed by atoms with Crippen LogP contribution in [0.25, 0.3) is 33.5 Å². The highest BCUT2D eigenvalue weighted by atomic mass is 79.9. The number of nitrogens with zero attached hydrogens (tertiary/aromatic N) is 3. The molecule has 2 aromatic heterocycles. The second-order valence-corrected chi connectivity index (χ2v) is 9.30. The van der Waals surface area contributed by atoms with Gasteiger partial charge in [-0.05, 0) is 70.0 Å². The molecule has 5 aromatic rings. The van der Waals surface area contributed by atoms with E-state index in [-0.39, 0.29) is 16.6 Å². The van der Waals surface area contributed by atoms with Crippen LogP contribution in [0.1, 0.15) is 5.56 Å². The Morgan fingerprint density at radius 3 is 2.75 bits per heavy atom. The number of ether oxygens (including phenoxy) is 1. The van der Waals surface area contributed by atoms with Crippen molar-refractivity contribution in [2.75, 3.05) is 6.61 Å². The molecule has 0 aliphatic rings. The molecular formula is C25H14BrCl2N3O5. The van der Waals surface area contributed by atoms with Gasteiger partial charge in [0.15, 0.2) is 18.1 Å². The number of fused-ring (bicyclic) bond motifs is 2. The molecule has 0 amide bonds. The largest absolute Gasteiger partial charge is 0.479 e. The van der Waals surface area contributed by atoms with Crippen LogP contribution in [-0.4, -0.2) is 33.6 Å². The fourth-order valence-electron chi connectivity index (χ4n) is 3.56. The highest BCUT2D eigenvalue weighted by Gasteiger charge is 2.17. The van der Waals surface area contributed by atoms with E-state index in [2.05, 4.69) is 26.0 Å². The lowest BCUT2D eigenvalue weighted by Crippen LogP contribution is -2.20. The van der Waals surface area contributed by atoms with Gasteiger partial charge < -0.3 is 14.3 Å². The standard InChI is InChI=1S/C25H14BrCl2N3O5/c26-17-7-13(8-18(28)23(17)35-12-22(32)33)11-29-31-24(30-19-4-2-1-3-16(19)25(31)34)21-10-14-9-15(27)5-6-20(14)36-21/h1-11H,12H2,(H,32,33). The summed E-state index contributed by atoms with van der Waals surface area (Å²) >= 11 is 15.7. The molecule has 11 heteroatoms. The highest BCUT2D eigenvalue weighted by Crippen LogP contribution is 2.34. The zero-order valence-electron chi connectivity index (χ0n) is 18.1. The molecule has 0 spiro atoms. The van der Waals surface area contributed by atoms with E-state index in [1.165, 1.54) is 12.3 Å². The maximum absolute atomic E-state index is 13.4. The van der Waals surface area contributed by atoms with E-state index in [0.717, 1.165) is 10.1 Å². The number of halogens is 3. The third-order valence-electron chi connectivity index (χ3n) is 5.14. The first-order valence-corrected chi connectivity index (χ1v) is 11.9. The quantitative estimate of drug-likeness (QED) is 0.237. The Hall–Kier alpha value is -3.66. The molecule has 0 radical (unpaired) electrons. The number of carboxylic acids is 1. The molecule has 5 rings (SSSR count). The van der Waals surface area contributed by atoms with Crippen molar-refractivity contribution in [1.29, 1.82) is 0 Å². The molecule has 180 valence electrons. The number of hydrogen-bond donors (Lipinski definition) is 1. The summed E-state index contributed by atoms with van der Waals surface area (Å²) in [5, 5.41) is 15.1. The van der Waals surface area contributed by atoms with Crippen LogP contribution < -0.4 is 10.3 Å². The van der Waals surface area contributed by atoms with Crippen molar-refractivity contribution in [3.8, 4) is 17.3 Å². The molecule has 0 aliphatic carbocycles. The van der Waals surface area contributed by atoms with Crippen LogP contribution in [0.4, 0.5) is 0 Å². The van der Waals surface area contributed by atoms with E-state index >= 15 is 0 Å². The molecule has 0 atom stereocenters. The zero-order chi connectivity index (χ0) is 25.4. The predicted molar refractivity (Wildman–Crippen MR) is 141 cm³/mol. The van der Waals surface area contributed by atoms with E-state index in [0.29, 0.717) is 37.3 Å². The lowest BCUT2D eigenvalue weighted by molar-refractivity contribution is -0.139. The average molecular weight is 587 g/mol. The van der Waals surface area contributed by atoms with Crippen LogP contribution >= 0.6 is 39.1 Å². The van der Waals surface area contributed by atoms with Crippen molar-refractivity contribution >= 4 is 73.2 Å². The number of aliphatic carboxylic acids is 1. The lowest BCUT2D eigenvalue weighted by Gasteiger charge is -2.09. The maximum atomic E-state index is 13.4. The second-order valence-electron chi connectivity index (χ2n) is 7.60. The summed E-state index contributed by atoms with van der Waals surface area (Å²) in [6.07, 6.45) is 1.43. The van der Waals surface area contributed by atoms with Crippen LogP contribution in [0.15, 0.2) is 79.4 Å². The van der Waals surface area contributed by atoms with E-state index in [4.69, 9.17) is 37.5 Å². The summed E-state index contributed by atoms with van der Waals surface area (Å²) in [6.45, 7) is -0.546. The minimum absolute atomic E-state index is 0.172. The van der Waals surface area contributed by atoms with Crippen molar-refractivity contribution in [2.45, 2.75) is 0 Å². The van der Waals surface area contributed by atoms with E-state index in [1.807, 2.05) is 0 Å². The summed E-state index contributed by atoms with van der Waals surface area (Å²) in [5.41, 5.74) is 1.21. The van der Waals surface area contributed by atoms with Crippen molar-refractivity contribution in [3.63, 3.8) is 0 Å². The minimum Gasteiger partial charge on any atom is -0.479 e. The molecule has 3 aromatic carbocycles. The summed E-state index contributed by atoms with van der Waals surface area (Å²) in [6, 6.07) is 17.1. The van der Waals surface area contributed by atoms with Gasteiger partial charge in [0.2, 0.25) is 5.82 Å². The van der Waals surface area contributed by atoms with Gasteiger partial charge in [-0.25, -0.2) is 9.78 Å². The molecule has 0 saturated carbocycles. The Bertz CT molecular complexity index is 1720. The Balaban J connectivity index is 1.62. The van der Waals surface area contributed by atoms with Crippen LogP contribution in [0.5, 0.6) is 5.75 Å². The Labute approximate surface area is 221 Å². The van der Waals surface area contributed by atoms with Gasteiger partial charge in [-0.1, -0.05) is 35.3 Å². The fraction of sp³-hybridized carbons (Fsp3) is 0.0400. The first kappa shape index (κ1) is 24.1. The van der Waals surface area contributed by atoms with Gasteiger partial charge in [-0.15, -0.1) is 0 Å². The summed E-state index contributed by atoms with van der Waals surface area (Å²) in [4.78, 5) is 28.8. The van der Waals surface area contributed by atoms with Gasteiger partial charge in [-0.2, -0.15) is 9.78 Å². The monoisotopic (exact) mass is 585 g/mol. The predicted octanol–water partition coefficient (Wildman–Crippen LogP) is 6.22. The fourth-order valence-corrected chi connectivity index (χ4v) is 4.73. The van der Waals surface area contributed by atoms with Crippen LogP contribution in [0.2, 0.25) is 10.0 Å². The van der Waals surface area contributed by atoms with Crippen molar-refractivity contribution in [1.82, 2.24) is 9.66 Å². The number of rotatable bonds is 6. The van der Waals surface area contributed by atoms with E-state index < -0.39 is 18.1 Å². The smallest absolute Gasteiger partial charge is 0.341 e. The van der Waals surface area contributed by atoms with Crippen molar-refractivity contribution in [2.24, 2.45) is 5.10 Å². The van der Waals surface area contributed by atoms with Crippen LogP contribution in [-0.2, 0) is 4.79 Å². The van der Waals surface area contributed by atoms with Crippen LogP contribution in [0.3, 0.4) is 0 Å². The van der Waals surface area contributed by atoms with Gasteiger partial charge in [0.1, 0.15) is 5.58 Å². The van der Waals surface area contributed by atoms with E-state index in [9.17, 15) is 9.59 Å². The molecule has 36 heavy (non-hydrogen) atoms. The third kappa shape index (κ3) is 4.73. The zero-order valence-corrected chi connectivity index (χ0v) is 21.2. The van der Waals surface area contributed by atoms with E-state index in [1.54, 1.807) is 54.6 Å².